The number of ether oxygens (including phenoxy) is 1. The fourth-order valence-corrected chi connectivity index (χ4v) is 3.78. The molecule has 1 aliphatic rings. The summed E-state index contributed by atoms with van der Waals surface area (Å²) >= 11 is 0. The lowest BCUT2D eigenvalue weighted by Gasteiger charge is -2.33. The maximum Gasteiger partial charge on any atom is 0.253 e. The molecule has 2 aromatic heterocycles. The molecular formula is C22H23N5O2. The van der Waals surface area contributed by atoms with Crippen LogP contribution in [0.2, 0.25) is 0 Å². The average molecular weight is 389 g/mol. The van der Waals surface area contributed by atoms with Gasteiger partial charge in [-0.25, -0.2) is 9.97 Å². The van der Waals surface area contributed by atoms with Gasteiger partial charge in [-0.05, 0) is 42.7 Å². The normalized spacial score (nSPS) is 16.4. The molecule has 0 radical (unpaired) electrons. The van der Waals surface area contributed by atoms with Crippen LogP contribution in [-0.2, 0) is 0 Å². The Hall–Kier alpha value is -3.48. The zero-order valence-corrected chi connectivity index (χ0v) is 16.3. The molecular weight excluding hydrogens is 366 g/mol. The maximum atomic E-state index is 12.9. The number of nitrogen functional groups attached to an aromatic ring is 1. The molecule has 1 atom stereocenters. The number of nitrogens with zero attached hydrogens (tertiary/aromatic N) is 4. The molecule has 2 N–H and O–H groups in total. The average Bonchev–Trinajstić information content (AvgIpc) is 2.79. The van der Waals surface area contributed by atoms with Crippen LogP contribution in [0.5, 0.6) is 5.75 Å². The number of amides is 1. The minimum atomic E-state index is 0.0186. The Balaban J connectivity index is 1.63. The maximum absolute atomic E-state index is 12.9. The number of hydrogen-bond acceptors (Lipinski definition) is 6. The summed E-state index contributed by atoms with van der Waals surface area (Å²) in [5.41, 5.74) is 9.38. The Labute approximate surface area is 169 Å². The summed E-state index contributed by atoms with van der Waals surface area (Å²) in [6.45, 7) is 1.33. The number of anilines is 1. The van der Waals surface area contributed by atoms with Crippen LogP contribution in [0.1, 0.15) is 34.8 Å². The van der Waals surface area contributed by atoms with E-state index in [9.17, 15) is 4.79 Å². The van der Waals surface area contributed by atoms with Crippen molar-refractivity contribution in [2.24, 2.45) is 0 Å². The summed E-state index contributed by atoms with van der Waals surface area (Å²) in [6.07, 6.45) is 6.90. The Bertz CT molecular complexity index is 992. The Morgan fingerprint density at radius 2 is 1.93 bits per heavy atom. The lowest BCUT2D eigenvalue weighted by atomic mass is 9.89. The number of piperidine rings is 1. The number of nitrogens with two attached hydrogens (primary N) is 1. The number of carbonyl (C=O) groups is 1. The van der Waals surface area contributed by atoms with Crippen LogP contribution in [0.15, 0.2) is 55.0 Å². The van der Waals surface area contributed by atoms with E-state index in [0.717, 1.165) is 42.0 Å². The molecule has 4 rings (SSSR count). The van der Waals surface area contributed by atoms with E-state index >= 15 is 0 Å². The second-order valence-electron chi connectivity index (χ2n) is 7.08. The molecule has 1 aliphatic heterocycles. The van der Waals surface area contributed by atoms with Crippen molar-refractivity contribution in [1.29, 1.82) is 0 Å². The molecule has 3 aromatic rings. The van der Waals surface area contributed by atoms with Crippen molar-refractivity contribution in [2.75, 3.05) is 25.9 Å². The fraction of sp³-hybridized carbons (Fsp3) is 0.273. The molecule has 7 nitrogen and oxygen atoms in total. The number of methoxy groups -OCH3 is 1. The van der Waals surface area contributed by atoms with Gasteiger partial charge in [-0.2, -0.15) is 0 Å². The standard InChI is InChI=1S/C22H23N5O2/c1-29-18-6-4-15(5-7-18)19-13-25-22(23)26-20(19)17-3-2-12-27(14-17)21(28)16-8-10-24-11-9-16/h4-11,13,17H,2-3,12,14H2,1H3,(H2,23,25,26). The molecule has 0 saturated carbocycles. The first-order chi connectivity index (χ1) is 14.2. The van der Waals surface area contributed by atoms with Gasteiger partial charge in [0.2, 0.25) is 5.95 Å². The highest BCUT2D eigenvalue weighted by molar-refractivity contribution is 5.94. The molecule has 0 bridgehead atoms. The van der Waals surface area contributed by atoms with Gasteiger partial charge in [-0.1, -0.05) is 12.1 Å². The quantitative estimate of drug-likeness (QED) is 0.737. The Morgan fingerprint density at radius 3 is 2.66 bits per heavy atom. The zero-order valence-electron chi connectivity index (χ0n) is 16.3. The molecule has 148 valence electrons. The van der Waals surface area contributed by atoms with Gasteiger partial charge in [0.15, 0.2) is 0 Å². The second kappa shape index (κ2) is 8.26. The summed E-state index contributed by atoms with van der Waals surface area (Å²) in [6, 6.07) is 11.3. The number of carbonyl (C=O) groups excluding carboxylic acids is 1. The SMILES string of the molecule is COc1ccc(-c2cnc(N)nc2C2CCCN(C(=O)c3ccncc3)C2)cc1. The number of aromatic nitrogens is 3. The lowest BCUT2D eigenvalue weighted by Crippen LogP contribution is -2.39. The van der Waals surface area contributed by atoms with Gasteiger partial charge < -0.3 is 15.4 Å². The third-order valence-corrected chi connectivity index (χ3v) is 5.26. The highest BCUT2D eigenvalue weighted by Crippen LogP contribution is 2.34. The van der Waals surface area contributed by atoms with Gasteiger partial charge in [0.25, 0.3) is 5.91 Å². The smallest absolute Gasteiger partial charge is 0.253 e. The molecule has 29 heavy (non-hydrogen) atoms. The Kier molecular flexibility index (Phi) is 5.37. The van der Waals surface area contributed by atoms with Crippen molar-refractivity contribution in [2.45, 2.75) is 18.8 Å². The Morgan fingerprint density at radius 1 is 1.17 bits per heavy atom. The molecule has 3 heterocycles. The van der Waals surface area contributed by atoms with E-state index in [-0.39, 0.29) is 17.8 Å². The summed E-state index contributed by atoms with van der Waals surface area (Å²) in [7, 11) is 1.64. The highest BCUT2D eigenvalue weighted by Gasteiger charge is 2.28. The summed E-state index contributed by atoms with van der Waals surface area (Å²) < 4.78 is 5.25. The van der Waals surface area contributed by atoms with Crippen molar-refractivity contribution in [3.05, 3.63) is 66.2 Å². The van der Waals surface area contributed by atoms with Crippen LogP contribution < -0.4 is 10.5 Å². The van der Waals surface area contributed by atoms with Gasteiger partial charge in [0.1, 0.15) is 5.75 Å². The number of rotatable bonds is 4. The van der Waals surface area contributed by atoms with E-state index in [1.54, 1.807) is 37.8 Å². The van der Waals surface area contributed by atoms with Gasteiger partial charge >= 0.3 is 0 Å². The predicted molar refractivity (Wildman–Crippen MR) is 111 cm³/mol. The summed E-state index contributed by atoms with van der Waals surface area (Å²) in [5.74, 6) is 1.15. The lowest BCUT2D eigenvalue weighted by molar-refractivity contribution is 0.0706. The van der Waals surface area contributed by atoms with Crippen LogP contribution in [0, 0.1) is 0 Å². The van der Waals surface area contributed by atoms with Crippen molar-refractivity contribution in [3.8, 4) is 16.9 Å². The summed E-state index contributed by atoms with van der Waals surface area (Å²) in [4.78, 5) is 27.5. The van der Waals surface area contributed by atoms with Gasteiger partial charge in [0.05, 0.1) is 12.8 Å². The van der Waals surface area contributed by atoms with Crippen molar-refractivity contribution < 1.29 is 9.53 Å². The van der Waals surface area contributed by atoms with Crippen LogP contribution in [0.4, 0.5) is 5.95 Å². The van der Waals surface area contributed by atoms with E-state index in [1.807, 2.05) is 29.2 Å². The molecule has 0 aliphatic carbocycles. The molecule has 1 fully saturated rings. The van der Waals surface area contributed by atoms with E-state index in [2.05, 4.69) is 15.0 Å². The third kappa shape index (κ3) is 4.03. The molecule has 1 aromatic carbocycles. The van der Waals surface area contributed by atoms with Gasteiger partial charge in [-0.15, -0.1) is 0 Å². The first kappa shape index (κ1) is 18.9. The molecule has 0 spiro atoms. The fourth-order valence-electron chi connectivity index (χ4n) is 3.78. The van der Waals surface area contributed by atoms with Crippen LogP contribution in [0.3, 0.4) is 0 Å². The van der Waals surface area contributed by atoms with E-state index in [4.69, 9.17) is 10.5 Å². The largest absolute Gasteiger partial charge is 0.497 e. The molecule has 1 amide bonds. The second-order valence-corrected chi connectivity index (χ2v) is 7.08. The minimum Gasteiger partial charge on any atom is -0.497 e. The number of benzene rings is 1. The number of pyridine rings is 1. The summed E-state index contributed by atoms with van der Waals surface area (Å²) in [5, 5.41) is 0. The monoisotopic (exact) mass is 389 g/mol. The van der Waals surface area contributed by atoms with E-state index < -0.39 is 0 Å². The topological polar surface area (TPSA) is 94.2 Å². The van der Waals surface area contributed by atoms with E-state index in [1.165, 1.54) is 0 Å². The zero-order chi connectivity index (χ0) is 20.2. The number of hydrogen-bond donors (Lipinski definition) is 1. The first-order valence-corrected chi connectivity index (χ1v) is 9.62. The molecule has 1 unspecified atom stereocenters. The van der Waals surface area contributed by atoms with Crippen LogP contribution >= 0.6 is 0 Å². The van der Waals surface area contributed by atoms with Crippen LogP contribution in [-0.4, -0.2) is 46.0 Å². The van der Waals surface area contributed by atoms with Crippen molar-refractivity contribution in [1.82, 2.24) is 19.9 Å². The van der Waals surface area contributed by atoms with Gasteiger partial charge in [-0.3, -0.25) is 9.78 Å². The minimum absolute atomic E-state index is 0.0186. The molecule has 1 saturated heterocycles. The van der Waals surface area contributed by atoms with E-state index in [0.29, 0.717) is 12.1 Å². The molecule has 7 heteroatoms. The number of likely N-dealkylation sites (tertiary alicyclic amines) is 1. The van der Waals surface area contributed by atoms with Crippen LogP contribution in [0.25, 0.3) is 11.1 Å². The highest BCUT2D eigenvalue weighted by atomic mass is 16.5. The third-order valence-electron chi connectivity index (χ3n) is 5.26. The van der Waals surface area contributed by atoms with Crippen molar-refractivity contribution >= 4 is 11.9 Å². The van der Waals surface area contributed by atoms with Gasteiger partial charge in [0, 0.05) is 48.7 Å². The predicted octanol–water partition coefficient (Wildman–Crippen LogP) is 3.15. The first-order valence-electron chi connectivity index (χ1n) is 9.62. The van der Waals surface area contributed by atoms with Crippen molar-refractivity contribution in [3.63, 3.8) is 0 Å².